The Balaban J connectivity index is 2.88. The molecule has 0 saturated carbocycles. The number of alkyl halides is 6. The molecule has 1 atom stereocenters. The van der Waals surface area contributed by atoms with E-state index in [2.05, 4.69) is 4.74 Å². The summed E-state index contributed by atoms with van der Waals surface area (Å²) >= 11 is 4.72. The highest BCUT2D eigenvalue weighted by atomic mass is 35.5. The Morgan fingerprint density at radius 2 is 1.67 bits per heavy atom. The predicted octanol–water partition coefficient (Wildman–Crippen LogP) is 2.66. The molecule has 0 radical (unpaired) electrons. The van der Waals surface area contributed by atoms with Gasteiger partial charge in [0.25, 0.3) is 5.06 Å². The van der Waals surface area contributed by atoms with Crippen molar-refractivity contribution in [2.45, 2.75) is 17.3 Å². The van der Waals surface area contributed by atoms with Gasteiger partial charge >= 0.3 is 12.3 Å². The second-order valence-corrected chi connectivity index (χ2v) is 2.70. The molecule has 0 amide bonds. The van der Waals surface area contributed by atoms with Gasteiger partial charge in [0.1, 0.15) is 0 Å². The lowest BCUT2D eigenvalue weighted by Crippen LogP contribution is -2.40. The minimum Gasteiger partial charge on any atom is -0.281 e. The molecule has 7 heteroatoms. The molecule has 1 aliphatic rings. The SMILES string of the molecule is FC1(F)C=CC(Cl)(C(F)(F)F)O1. The summed E-state index contributed by atoms with van der Waals surface area (Å²) in [4.78, 5) is 0. The van der Waals surface area contributed by atoms with Crippen molar-refractivity contribution in [2.24, 2.45) is 0 Å². The third-order valence-corrected chi connectivity index (χ3v) is 1.58. The molecule has 1 heterocycles. The molecule has 0 bridgehead atoms. The summed E-state index contributed by atoms with van der Waals surface area (Å²) in [5.41, 5.74) is 0. The molecule has 0 saturated heterocycles. The average Bonchev–Trinajstić information content (AvgIpc) is 2.05. The lowest BCUT2D eigenvalue weighted by atomic mass is 10.3. The van der Waals surface area contributed by atoms with Gasteiger partial charge in [-0.1, -0.05) is 11.6 Å². The van der Waals surface area contributed by atoms with Gasteiger partial charge in [0.2, 0.25) is 0 Å². The maximum Gasteiger partial charge on any atom is 0.435 e. The topological polar surface area (TPSA) is 9.23 Å². The van der Waals surface area contributed by atoms with Crippen LogP contribution in [0.1, 0.15) is 0 Å². The van der Waals surface area contributed by atoms with Crippen molar-refractivity contribution in [1.82, 2.24) is 0 Å². The van der Waals surface area contributed by atoms with E-state index in [-0.39, 0.29) is 12.2 Å². The van der Waals surface area contributed by atoms with Gasteiger partial charge in [0, 0.05) is 6.08 Å². The summed E-state index contributed by atoms with van der Waals surface area (Å²) in [5.74, 6) is 0. The van der Waals surface area contributed by atoms with Crippen LogP contribution in [-0.2, 0) is 4.74 Å². The second kappa shape index (κ2) is 2.32. The maximum atomic E-state index is 12.1. The van der Waals surface area contributed by atoms with Gasteiger partial charge < -0.3 is 0 Å². The van der Waals surface area contributed by atoms with Crippen LogP contribution in [0.25, 0.3) is 0 Å². The third-order valence-electron chi connectivity index (χ3n) is 1.16. The summed E-state index contributed by atoms with van der Waals surface area (Å²) in [6.07, 6.45) is -8.95. The molecule has 12 heavy (non-hydrogen) atoms. The fraction of sp³-hybridized carbons (Fsp3) is 0.600. The lowest BCUT2D eigenvalue weighted by Gasteiger charge is -2.23. The van der Waals surface area contributed by atoms with Gasteiger partial charge in [0.05, 0.1) is 0 Å². The number of ether oxygens (including phenoxy) is 1. The van der Waals surface area contributed by atoms with E-state index in [0.29, 0.717) is 0 Å². The van der Waals surface area contributed by atoms with E-state index in [0.717, 1.165) is 0 Å². The Morgan fingerprint density at radius 1 is 1.17 bits per heavy atom. The van der Waals surface area contributed by atoms with Crippen LogP contribution in [0, 0.1) is 0 Å². The van der Waals surface area contributed by atoms with Crippen LogP contribution >= 0.6 is 11.6 Å². The molecule has 0 N–H and O–H groups in total. The van der Waals surface area contributed by atoms with Crippen molar-refractivity contribution >= 4 is 11.6 Å². The standard InChI is InChI=1S/C5H2ClF5O/c6-3(5(9,10)11)1-2-4(7,8)12-3/h1-2H. The summed E-state index contributed by atoms with van der Waals surface area (Å²) in [5, 5.41) is -3.39. The maximum absolute atomic E-state index is 12.1. The van der Waals surface area contributed by atoms with E-state index in [9.17, 15) is 22.0 Å². The Bertz CT molecular complexity index is 222. The lowest BCUT2D eigenvalue weighted by molar-refractivity contribution is -0.295. The Kier molecular flexibility index (Phi) is 1.88. The minimum absolute atomic E-state index is 0.0342. The molecule has 1 rings (SSSR count). The molecule has 0 fully saturated rings. The fourth-order valence-corrected chi connectivity index (χ4v) is 0.788. The number of hydrogen-bond acceptors (Lipinski definition) is 1. The first-order valence-corrected chi connectivity index (χ1v) is 3.08. The number of hydrogen-bond donors (Lipinski definition) is 0. The normalized spacial score (nSPS) is 34.2. The molecule has 1 unspecified atom stereocenters. The molecule has 0 spiro atoms. The molecular formula is C5H2ClF5O. The van der Waals surface area contributed by atoms with Crippen LogP contribution in [0.3, 0.4) is 0 Å². The van der Waals surface area contributed by atoms with E-state index in [1.54, 1.807) is 0 Å². The third kappa shape index (κ3) is 1.54. The quantitative estimate of drug-likeness (QED) is 0.338. The first-order valence-electron chi connectivity index (χ1n) is 2.70. The molecular weight excluding hydrogens is 206 g/mol. The molecule has 0 aromatic heterocycles. The highest BCUT2D eigenvalue weighted by Gasteiger charge is 2.61. The van der Waals surface area contributed by atoms with E-state index in [4.69, 9.17) is 11.6 Å². The smallest absolute Gasteiger partial charge is 0.281 e. The van der Waals surface area contributed by atoms with Crippen LogP contribution in [-0.4, -0.2) is 17.3 Å². The molecule has 1 aliphatic heterocycles. The zero-order chi connectivity index (χ0) is 9.62. The van der Waals surface area contributed by atoms with Crippen molar-refractivity contribution in [3.8, 4) is 0 Å². The fourth-order valence-electron chi connectivity index (χ4n) is 0.623. The van der Waals surface area contributed by atoms with E-state index in [1.165, 1.54) is 0 Å². The molecule has 70 valence electrons. The predicted molar refractivity (Wildman–Crippen MR) is 29.8 cm³/mol. The van der Waals surface area contributed by atoms with Crippen LogP contribution in [0.4, 0.5) is 22.0 Å². The highest BCUT2D eigenvalue weighted by molar-refractivity contribution is 6.25. The molecule has 1 nitrogen and oxygen atoms in total. The Morgan fingerprint density at radius 3 is 1.83 bits per heavy atom. The number of rotatable bonds is 0. The van der Waals surface area contributed by atoms with Crippen molar-refractivity contribution < 1.29 is 26.7 Å². The van der Waals surface area contributed by atoms with Crippen LogP contribution < -0.4 is 0 Å². The van der Waals surface area contributed by atoms with Crippen molar-refractivity contribution in [1.29, 1.82) is 0 Å². The van der Waals surface area contributed by atoms with Gasteiger partial charge in [-0.15, -0.1) is 0 Å². The van der Waals surface area contributed by atoms with Gasteiger partial charge in [-0.05, 0) is 6.08 Å². The highest BCUT2D eigenvalue weighted by Crippen LogP contribution is 2.46. The van der Waals surface area contributed by atoms with Gasteiger partial charge in [-0.3, -0.25) is 4.74 Å². The van der Waals surface area contributed by atoms with E-state index >= 15 is 0 Å². The van der Waals surface area contributed by atoms with Gasteiger partial charge in [-0.25, -0.2) is 0 Å². The summed E-state index contributed by atoms with van der Waals surface area (Å²) in [6, 6.07) is 0. The second-order valence-electron chi connectivity index (χ2n) is 2.14. The van der Waals surface area contributed by atoms with Crippen molar-refractivity contribution in [3.05, 3.63) is 12.2 Å². The van der Waals surface area contributed by atoms with Gasteiger partial charge in [0.15, 0.2) is 0 Å². The Labute approximate surface area is 68.7 Å². The summed E-state index contributed by atoms with van der Waals surface area (Å²) < 4.78 is 63.0. The van der Waals surface area contributed by atoms with Gasteiger partial charge in [-0.2, -0.15) is 22.0 Å². The average molecular weight is 209 g/mol. The largest absolute Gasteiger partial charge is 0.435 e. The molecule has 0 aromatic rings. The monoisotopic (exact) mass is 208 g/mol. The first kappa shape index (κ1) is 9.73. The Hall–Kier alpha value is -0.360. The van der Waals surface area contributed by atoms with Crippen molar-refractivity contribution in [2.75, 3.05) is 0 Å². The van der Waals surface area contributed by atoms with E-state index in [1.807, 2.05) is 0 Å². The molecule has 0 aliphatic carbocycles. The summed E-state index contributed by atoms with van der Waals surface area (Å²) in [7, 11) is 0. The zero-order valence-electron chi connectivity index (χ0n) is 5.33. The number of halogens is 6. The molecule has 0 aromatic carbocycles. The van der Waals surface area contributed by atoms with Crippen LogP contribution in [0.15, 0.2) is 12.2 Å². The first-order chi connectivity index (χ1) is 5.16. The van der Waals surface area contributed by atoms with Crippen molar-refractivity contribution in [3.63, 3.8) is 0 Å². The van der Waals surface area contributed by atoms with Crippen LogP contribution in [0.5, 0.6) is 0 Å². The minimum atomic E-state index is -5.05. The zero-order valence-corrected chi connectivity index (χ0v) is 6.09. The van der Waals surface area contributed by atoms with Crippen LogP contribution in [0.2, 0.25) is 0 Å². The van der Waals surface area contributed by atoms with E-state index < -0.39 is 17.3 Å². The summed E-state index contributed by atoms with van der Waals surface area (Å²) in [6.45, 7) is 0.